The average molecular weight is 529 g/mol. The number of carbonyl (C=O) groups excluding carboxylic acids is 1. The summed E-state index contributed by atoms with van der Waals surface area (Å²) in [7, 11) is 0. The van der Waals surface area contributed by atoms with E-state index in [-0.39, 0.29) is 24.2 Å². The zero-order valence-corrected chi connectivity index (χ0v) is 21.2. The van der Waals surface area contributed by atoms with Crippen molar-refractivity contribution in [3.05, 3.63) is 39.5 Å². The van der Waals surface area contributed by atoms with Crippen molar-refractivity contribution in [2.45, 2.75) is 76.2 Å². The Morgan fingerprint density at radius 2 is 1.97 bits per heavy atom. The van der Waals surface area contributed by atoms with Crippen LogP contribution in [0.5, 0.6) is 5.88 Å². The van der Waals surface area contributed by atoms with Gasteiger partial charge in [-0.05, 0) is 51.0 Å². The van der Waals surface area contributed by atoms with Crippen LogP contribution in [0.1, 0.15) is 54.1 Å². The van der Waals surface area contributed by atoms with Gasteiger partial charge in [0.05, 0.1) is 17.1 Å². The number of aryl methyl sites for hydroxylation is 1. The van der Waals surface area contributed by atoms with Gasteiger partial charge in [-0.1, -0.05) is 6.07 Å². The van der Waals surface area contributed by atoms with Crippen molar-refractivity contribution < 1.29 is 27.1 Å². The van der Waals surface area contributed by atoms with Crippen LogP contribution in [0.25, 0.3) is 0 Å². The highest BCUT2D eigenvalue weighted by atomic mass is 32.1. The molecule has 6 nitrogen and oxygen atoms in total. The Hall–Kier alpha value is -2.27. The van der Waals surface area contributed by atoms with Crippen molar-refractivity contribution in [2.75, 3.05) is 26.2 Å². The van der Waals surface area contributed by atoms with Gasteiger partial charge in [0.25, 0.3) is 0 Å². The van der Waals surface area contributed by atoms with Gasteiger partial charge < -0.3 is 15.0 Å². The Labute approximate surface area is 212 Å². The van der Waals surface area contributed by atoms with Crippen molar-refractivity contribution in [1.82, 2.24) is 20.2 Å². The SMILES string of the molecule is Cc1nc(CC(=O)N[C@H]2CC[C@](F)(CCN3CCc4ccc(OCC(F)(F)F)nc4CC3)CC2)cs1. The van der Waals surface area contributed by atoms with E-state index >= 15 is 4.39 Å². The zero-order chi connectivity index (χ0) is 25.8. The minimum atomic E-state index is -4.40. The number of halogens is 4. The first-order valence-electron chi connectivity index (χ1n) is 12.4. The summed E-state index contributed by atoms with van der Waals surface area (Å²) < 4.78 is 57.5. The molecule has 2 aromatic rings. The van der Waals surface area contributed by atoms with Crippen LogP contribution >= 0.6 is 11.3 Å². The third-order valence-electron chi connectivity index (χ3n) is 6.92. The number of hydrogen-bond acceptors (Lipinski definition) is 6. The third kappa shape index (κ3) is 7.86. The maximum absolute atomic E-state index is 15.5. The lowest BCUT2D eigenvalue weighted by atomic mass is 9.81. The molecule has 0 radical (unpaired) electrons. The van der Waals surface area contributed by atoms with E-state index in [0.29, 0.717) is 58.0 Å². The molecule has 36 heavy (non-hydrogen) atoms. The monoisotopic (exact) mass is 528 g/mol. The lowest BCUT2D eigenvalue weighted by Gasteiger charge is -2.35. The fraction of sp³-hybridized carbons (Fsp3) is 0.640. The van der Waals surface area contributed by atoms with Gasteiger partial charge in [-0.2, -0.15) is 13.2 Å². The van der Waals surface area contributed by atoms with Crippen LogP contribution in [-0.2, 0) is 24.1 Å². The molecule has 3 heterocycles. The Morgan fingerprint density at radius 3 is 2.67 bits per heavy atom. The normalized spacial score (nSPS) is 23.1. The van der Waals surface area contributed by atoms with Crippen molar-refractivity contribution in [3.8, 4) is 5.88 Å². The number of pyridine rings is 1. The minimum absolute atomic E-state index is 0.00590. The van der Waals surface area contributed by atoms with Gasteiger partial charge in [0.2, 0.25) is 11.8 Å². The average Bonchev–Trinajstić information content (AvgIpc) is 3.11. The van der Waals surface area contributed by atoms with Crippen molar-refractivity contribution in [3.63, 3.8) is 0 Å². The Morgan fingerprint density at radius 1 is 1.22 bits per heavy atom. The molecule has 0 unspecified atom stereocenters. The lowest BCUT2D eigenvalue weighted by Crippen LogP contribution is -2.43. The summed E-state index contributed by atoms with van der Waals surface area (Å²) in [6.07, 6.45) is -0.341. The Bertz CT molecular complexity index is 1040. The number of fused-ring (bicyclic) bond motifs is 1. The first-order chi connectivity index (χ1) is 17.1. The van der Waals surface area contributed by atoms with E-state index in [1.807, 2.05) is 12.3 Å². The predicted molar refractivity (Wildman–Crippen MR) is 129 cm³/mol. The standard InChI is InChI=1S/C25H32F4N4O2S/c1-17-30-20(15-36-17)14-22(34)31-19-4-8-24(26,9-5-19)10-13-33-11-6-18-2-3-23(32-21(18)7-12-33)35-16-25(27,28)29/h2-3,15,19H,4-14,16H2,1H3,(H,31,34)/t19-,24+. The van der Waals surface area contributed by atoms with Crippen LogP contribution in [-0.4, -0.2) is 64.9 Å². The number of amides is 1. The molecule has 11 heteroatoms. The number of ether oxygens (including phenoxy) is 1. The second-order valence-corrected chi connectivity index (χ2v) is 10.8. The zero-order valence-electron chi connectivity index (χ0n) is 20.4. The highest BCUT2D eigenvalue weighted by Crippen LogP contribution is 2.35. The molecule has 1 amide bonds. The van der Waals surface area contributed by atoms with E-state index in [9.17, 15) is 18.0 Å². The molecule has 0 saturated heterocycles. The predicted octanol–water partition coefficient (Wildman–Crippen LogP) is 4.59. The van der Waals surface area contributed by atoms with Crippen molar-refractivity contribution in [1.29, 1.82) is 0 Å². The number of nitrogens with one attached hydrogen (secondary N) is 1. The summed E-state index contributed by atoms with van der Waals surface area (Å²) >= 11 is 1.52. The van der Waals surface area contributed by atoms with Crippen LogP contribution in [0.4, 0.5) is 17.6 Å². The summed E-state index contributed by atoms with van der Waals surface area (Å²) in [6.45, 7) is 2.58. The van der Waals surface area contributed by atoms with Gasteiger partial charge in [-0.25, -0.2) is 14.4 Å². The van der Waals surface area contributed by atoms with Gasteiger partial charge in [0.15, 0.2) is 6.61 Å². The van der Waals surface area contributed by atoms with E-state index in [4.69, 9.17) is 4.74 Å². The quantitative estimate of drug-likeness (QED) is 0.508. The Balaban J connectivity index is 1.19. The number of rotatable bonds is 8. The van der Waals surface area contributed by atoms with Crippen LogP contribution in [0, 0.1) is 6.92 Å². The van der Waals surface area contributed by atoms with Crippen LogP contribution in [0.2, 0.25) is 0 Å². The lowest BCUT2D eigenvalue weighted by molar-refractivity contribution is -0.154. The largest absolute Gasteiger partial charge is 0.468 e. The van der Waals surface area contributed by atoms with Crippen LogP contribution in [0.15, 0.2) is 17.5 Å². The molecule has 0 aromatic carbocycles. The molecule has 2 aliphatic rings. The number of nitrogens with zero attached hydrogens (tertiary/aromatic N) is 3. The number of hydrogen-bond donors (Lipinski definition) is 1. The maximum Gasteiger partial charge on any atom is 0.422 e. The summed E-state index contributed by atoms with van der Waals surface area (Å²) in [6, 6.07) is 3.25. The van der Waals surface area contributed by atoms with E-state index in [2.05, 4.69) is 20.2 Å². The highest BCUT2D eigenvalue weighted by molar-refractivity contribution is 7.09. The first kappa shape index (κ1) is 26.8. The molecular weight excluding hydrogens is 496 g/mol. The molecular formula is C25H32F4N4O2S. The fourth-order valence-corrected chi connectivity index (χ4v) is 5.50. The summed E-state index contributed by atoms with van der Waals surface area (Å²) in [5.41, 5.74) is 1.26. The summed E-state index contributed by atoms with van der Waals surface area (Å²) in [4.78, 5) is 23.1. The highest BCUT2D eigenvalue weighted by Gasteiger charge is 2.36. The molecule has 0 bridgehead atoms. The minimum Gasteiger partial charge on any atom is -0.468 e. The number of thiazole rings is 1. The van der Waals surface area contributed by atoms with Gasteiger partial charge in [-0.15, -0.1) is 11.3 Å². The molecule has 2 aromatic heterocycles. The number of aromatic nitrogens is 2. The molecule has 198 valence electrons. The number of alkyl halides is 4. The molecule has 1 aliphatic heterocycles. The fourth-order valence-electron chi connectivity index (χ4n) is 4.89. The van der Waals surface area contributed by atoms with Crippen molar-refractivity contribution >= 4 is 17.2 Å². The molecule has 4 rings (SSSR count). The molecule has 0 spiro atoms. The number of carbonyl (C=O) groups is 1. The molecule has 1 N–H and O–H groups in total. The van der Waals surface area contributed by atoms with Crippen LogP contribution in [0.3, 0.4) is 0 Å². The van der Waals surface area contributed by atoms with E-state index in [0.717, 1.165) is 28.5 Å². The Kier molecular flexibility index (Phi) is 8.49. The second kappa shape index (κ2) is 11.4. The van der Waals surface area contributed by atoms with Gasteiger partial charge in [-0.3, -0.25) is 4.79 Å². The molecule has 1 fully saturated rings. The van der Waals surface area contributed by atoms with Crippen molar-refractivity contribution in [2.24, 2.45) is 0 Å². The summed E-state index contributed by atoms with van der Waals surface area (Å²) in [5.74, 6) is -0.0888. The first-order valence-corrected chi connectivity index (χ1v) is 13.2. The van der Waals surface area contributed by atoms with E-state index < -0.39 is 18.5 Å². The smallest absolute Gasteiger partial charge is 0.422 e. The van der Waals surface area contributed by atoms with Gasteiger partial charge >= 0.3 is 6.18 Å². The molecule has 1 aliphatic carbocycles. The van der Waals surface area contributed by atoms with Crippen LogP contribution < -0.4 is 10.1 Å². The second-order valence-electron chi connectivity index (χ2n) is 9.78. The maximum atomic E-state index is 15.5. The van der Waals surface area contributed by atoms with Gasteiger partial charge in [0, 0.05) is 49.2 Å². The topological polar surface area (TPSA) is 67.4 Å². The van der Waals surface area contributed by atoms with E-state index in [1.54, 1.807) is 6.07 Å². The third-order valence-corrected chi connectivity index (χ3v) is 7.74. The summed E-state index contributed by atoms with van der Waals surface area (Å²) in [5, 5.41) is 5.85. The molecule has 1 saturated carbocycles. The van der Waals surface area contributed by atoms with Gasteiger partial charge in [0.1, 0.15) is 5.67 Å². The molecule has 0 atom stereocenters. The van der Waals surface area contributed by atoms with E-state index in [1.165, 1.54) is 17.4 Å².